The number of nitrogens with zero attached hydrogens (tertiary/aromatic N) is 5. The van der Waals surface area contributed by atoms with Gasteiger partial charge in [-0.2, -0.15) is 0 Å². The molecule has 0 saturated carbocycles. The maximum absolute atomic E-state index is 11.0. The first kappa shape index (κ1) is 15.8. The van der Waals surface area contributed by atoms with E-state index in [1.807, 2.05) is 0 Å². The Labute approximate surface area is 132 Å². The van der Waals surface area contributed by atoms with Gasteiger partial charge in [0.2, 0.25) is 5.65 Å². The number of hydrogen-bond donors (Lipinski definition) is 0. The first-order valence-corrected chi connectivity index (χ1v) is 7.51. The monoisotopic (exact) mass is 321 g/mol. The average Bonchev–Trinajstić information content (AvgIpc) is 3.07. The molecule has 1 saturated heterocycles. The van der Waals surface area contributed by atoms with Gasteiger partial charge in [-0.05, 0) is 23.3 Å². The minimum atomic E-state index is -0.607. The molecule has 3 rings (SSSR count). The Bertz CT molecular complexity index is 746. The lowest BCUT2D eigenvalue weighted by atomic mass is 9.98. The Morgan fingerprint density at radius 3 is 2.83 bits per heavy atom. The third kappa shape index (κ3) is 2.45. The molecule has 0 aliphatic carbocycles. The molecule has 1 aliphatic heterocycles. The lowest BCUT2D eigenvalue weighted by Crippen LogP contribution is -2.26. The third-order valence-corrected chi connectivity index (χ3v) is 4.40. The van der Waals surface area contributed by atoms with Crippen LogP contribution in [0.5, 0.6) is 0 Å². The van der Waals surface area contributed by atoms with Crippen LogP contribution in [0.4, 0.5) is 5.95 Å². The molecule has 0 radical (unpaired) electrons. The van der Waals surface area contributed by atoms with Gasteiger partial charge >= 0.3 is 5.95 Å². The normalized spacial score (nSPS) is 27.7. The summed E-state index contributed by atoms with van der Waals surface area (Å²) >= 11 is 0. The summed E-state index contributed by atoms with van der Waals surface area (Å²) in [6, 6.07) is 0. The highest BCUT2D eigenvalue weighted by Crippen LogP contribution is 2.38. The highest BCUT2D eigenvalue weighted by Gasteiger charge is 2.43. The van der Waals surface area contributed by atoms with E-state index in [9.17, 15) is 10.1 Å². The van der Waals surface area contributed by atoms with Gasteiger partial charge in [0, 0.05) is 13.0 Å². The van der Waals surface area contributed by atoms with Crippen molar-refractivity contribution in [3.8, 4) is 0 Å². The lowest BCUT2D eigenvalue weighted by molar-refractivity contribution is -0.394. The molecule has 2 aromatic rings. The Kier molecular flexibility index (Phi) is 3.99. The lowest BCUT2D eigenvalue weighted by Gasteiger charge is -2.20. The van der Waals surface area contributed by atoms with Crippen LogP contribution in [0, 0.1) is 23.0 Å². The molecule has 3 heterocycles. The summed E-state index contributed by atoms with van der Waals surface area (Å²) in [7, 11) is 1.64. The predicted molar refractivity (Wildman–Crippen MR) is 80.9 cm³/mol. The zero-order valence-electron chi connectivity index (χ0n) is 13.5. The van der Waals surface area contributed by atoms with E-state index in [2.05, 4.69) is 28.8 Å². The van der Waals surface area contributed by atoms with E-state index in [1.54, 1.807) is 24.9 Å². The van der Waals surface area contributed by atoms with E-state index >= 15 is 0 Å². The van der Waals surface area contributed by atoms with Gasteiger partial charge in [-0.25, -0.2) is 4.98 Å². The molecule has 23 heavy (non-hydrogen) atoms. The number of ether oxygens (including phenoxy) is 2. The Hall–Kier alpha value is -2.13. The molecule has 0 bridgehead atoms. The quantitative estimate of drug-likeness (QED) is 0.626. The van der Waals surface area contributed by atoms with E-state index in [0.29, 0.717) is 16.9 Å². The van der Waals surface area contributed by atoms with Gasteiger partial charge in [-0.15, -0.1) is 0 Å². The molecular formula is C14H19N5O4. The number of aryl methyl sites for hydroxylation is 1. The zero-order valence-corrected chi connectivity index (χ0v) is 13.5. The van der Waals surface area contributed by atoms with Crippen LogP contribution in [0.15, 0.2) is 6.33 Å². The number of rotatable bonds is 4. The van der Waals surface area contributed by atoms with Crippen molar-refractivity contribution in [2.75, 3.05) is 7.11 Å². The second kappa shape index (κ2) is 5.82. The van der Waals surface area contributed by atoms with Crippen molar-refractivity contribution in [1.82, 2.24) is 19.5 Å². The van der Waals surface area contributed by atoms with Crippen LogP contribution in [-0.4, -0.2) is 43.8 Å². The van der Waals surface area contributed by atoms with Crippen LogP contribution in [0.1, 0.15) is 32.2 Å². The molecule has 0 unspecified atom stereocenters. The van der Waals surface area contributed by atoms with E-state index in [4.69, 9.17) is 9.47 Å². The number of methoxy groups -OCH3 is 1. The Morgan fingerprint density at radius 2 is 2.22 bits per heavy atom. The highest BCUT2D eigenvalue weighted by molar-refractivity contribution is 5.74. The summed E-state index contributed by atoms with van der Waals surface area (Å²) in [5, 5.41) is 11.0. The molecule has 124 valence electrons. The number of aromatic nitrogens is 4. The van der Waals surface area contributed by atoms with E-state index in [0.717, 1.165) is 6.42 Å². The van der Waals surface area contributed by atoms with Crippen molar-refractivity contribution in [1.29, 1.82) is 0 Å². The maximum Gasteiger partial charge on any atom is 0.471 e. The van der Waals surface area contributed by atoms with E-state index in [1.165, 1.54) is 0 Å². The molecular weight excluding hydrogens is 302 g/mol. The Balaban J connectivity index is 2.11. The van der Waals surface area contributed by atoms with E-state index < -0.39 is 17.1 Å². The van der Waals surface area contributed by atoms with E-state index in [-0.39, 0.29) is 18.1 Å². The van der Waals surface area contributed by atoms with Crippen molar-refractivity contribution < 1.29 is 14.4 Å². The topological polar surface area (TPSA) is 105 Å². The van der Waals surface area contributed by atoms with Gasteiger partial charge < -0.3 is 19.6 Å². The molecule has 0 aromatic carbocycles. The predicted octanol–water partition coefficient (Wildman–Crippen LogP) is 2.00. The van der Waals surface area contributed by atoms with Gasteiger partial charge in [-0.1, -0.05) is 18.8 Å². The van der Waals surface area contributed by atoms with Crippen LogP contribution >= 0.6 is 0 Å². The number of nitro groups is 1. The number of imidazole rings is 1. The summed E-state index contributed by atoms with van der Waals surface area (Å²) in [5.41, 5.74) is 1.38. The molecule has 1 fully saturated rings. The van der Waals surface area contributed by atoms with Crippen LogP contribution in [0.2, 0.25) is 0 Å². The van der Waals surface area contributed by atoms with Crippen LogP contribution in [0.25, 0.3) is 11.2 Å². The standard InChI is InChI=1S/C14H19N5O4/c1-5-9-7(2)11(22-4)13(23-9)18-6-15-10-8(3)16-14(19(20)21)17-12(10)18/h6-7,9,11,13H,5H2,1-4H3/t7-,9-,11-,13-/m1/s1. The molecule has 9 nitrogen and oxygen atoms in total. The van der Waals surface area contributed by atoms with Gasteiger partial charge in [-0.3, -0.25) is 4.57 Å². The largest absolute Gasteiger partial charge is 0.471 e. The molecule has 4 atom stereocenters. The van der Waals surface area contributed by atoms with Crippen LogP contribution in [-0.2, 0) is 9.47 Å². The molecule has 2 aromatic heterocycles. The molecule has 0 amide bonds. The highest BCUT2D eigenvalue weighted by atomic mass is 16.6. The fraction of sp³-hybridized carbons (Fsp3) is 0.643. The molecule has 0 spiro atoms. The van der Waals surface area contributed by atoms with Crippen LogP contribution in [0.3, 0.4) is 0 Å². The summed E-state index contributed by atoms with van der Waals surface area (Å²) in [4.78, 5) is 22.6. The maximum atomic E-state index is 11.0. The average molecular weight is 321 g/mol. The van der Waals surface area contributed by atoms with Crippen molar-refractivity contribution in [2.24, 2.45) is 5.92 Å². The first-order chi connectivity index (χ1) is 11.0. The fourth-order valence-corrected chi connectivity index (χ4v) is 3.19. The van der Waals surface area contributed by atoms with Crippen molar-refractivity contribution >= 4 is 17.1 Å². The van der Waals surface area contributed by atoms with Crippen LogP contribution < -0.4 is 0 Å². The first-order valence-electron chi connectivity index (χ1n) is 7.51. The van der Waals surface area contributed by atoms with Gasteiger partial charge in [0.05, 0.1) is 6.10 Å². The zero-order chi connectivity index (χ0) is 16.7. The molecule has 1 aliphatic rings. The summed E-state index contributed by atoms with van der Waals surface area (Å²) < 4.78 is 13.4. The minimum absolute atomic E-state index is 0.0559. The number of hydrogen-bond acceptors (Lipinski definition) is 7. The summed E-state index contributed by atoms with van der Waals surface area (Å²) in [6.07, 6.45) is 1.90. The summed E-state index contributed by atoms with van der Waals surface area (Å²) in [5.74, 6) is -0.242. The number of fused-ring (bicyclic) bond motifs is 1. The van der Waals surface area contributed by atoms with Crippen molar-refractivity contribution in [3.63, 3.8) is 0 Å². The summed E-state index contributed by atoms with van der Waals surface area (Å²) in [6.45, 7) is 5.80. The second-order valence-electron chi connectivity index (χ2n) is 5.72. The van der Waals surface area contributed by atoms with Crippen molar-refractivity contribution in [3.05, 3.63) is 22.1 Å². The minimum Gasteiger partial charge on any atom is -0.390 e. The molecule has 9 heteroatoms. The van der Waals surface area contributed by atoms with Gasteiger partial charge in [0.15, 0.2) is 11.7 Å². The second-order valence-corrected chi connectivity index (χ2v) is 5.72. The Morgan fingerprint density at radius 1 is 1.48 bits per heavy atom. The van der Waals surface area contributed by atoms with Gasteiger partial charge in [0.25, 0.3) is 0 Å². The molecule has 0 N–H and O–H groups in total. The fourth-order valence-electron chi connectivity index (χ4n) is 3.19. The van der Waals surface area contributed by atoms with Crippen molar-refractivity contribution in [2.45, 2.75) is 45.6 Å². The smallest absolute Gasteiger partial charge is 0.390 e. The van der Waals surface area contributed by atoms with Gasteiger partial charge in [0.1, 0.15) is 18.1 Å². The third-order valence-electron chi connectivity index (χ3n) is 4.40. The SMILES string of the molecule is CC[C@H]1O[C@@H](n2cnc3c(C)nc([N+](=O)[O-])nc32)[C@H](OC)[C@@H]1C.